The number of carbonyl (C=O) groups excluding carboxylic acids is 1. The SMILES string of the molecule is Cc1ccc(C(F)(F)F)cc1C(=O)C1CC2CCC(C1)S2(=O)=O. The molecule has 3 nitrogen and oxygen atoms in total. The maximum absolute atomic E-state index is 12.9. The van der Waals surface area contributed by atoms with Gasteiger partial charge in [-0.15, -0.1) is 0 Å². The van der Waals surface area contributed by atoms with E-state index in [-0.39, 0.29) is 24.2 Å². The Bertz CT molecular complexity index is 732. The first kappa shape index (κ1) is 16.5. The van der Waals surface area contributed by atoms with Crippen LogP contribution in [0.15, 0.2) is 18.2 Å². The van der Waals surface area contributed by atoms with Crippen LogP contribution < -0.4 is 0 Å². The molecule has 2 saturated heterocycles. The summed E-state index contributed by atoms with van der Waals surface area (Å²) in [5.41, 5.74) is -0.301. The average Bonchev–Trinajstić information content (AvgIpc) is 2.66. The lowest BCUT2D eigenvalue weighted by atomic mass is 9.88. The van der Waals surface area contributed by atoms with Crippen LogP contribution in [0.25, 0.3) is 0 Å². The molecule has 0 amide bonds. The molecular weight excluding hydrogens is 329 g/mol. The summed E-state index contributed by atoms with van der Waals surface area (Å²) in [7, 11) is -3.15. The molecule has 2 unspecified atom stereocenters. The lowest BCUT2D eigenvalue weighted by molar-refractivity contribution is -0.137. The highest BCUT2D eigenvalue weighted by Gasteiger charge is 2.48. The Hall–Kier alpha value is -1.37. The van der Waals surface area contributed by atoms with Crippen molar-refractivity contribution in [1.29, 1.82) is 0 Å². The van der Waals surface area contributed by atoms with Gasteiger partial charge in [0, 0.05) is 11.5 Å². The van der Waals surface area contributed by atoms with E-state index < -0.39 is 38.0 Å². The third-order valence-electron chi connectivity index (χ3n) is 5.04. The number of benzene rings is 1. The van der Waals surface area contributed by atoms with E-state index in [1.807, 2.05) is 0 Å². The Kier molecular flexibility index (Phi) is 3.82. The van der Waals surface area contributed by atoms with Gasteiger partial charge in [-0.3, -0.25) is 4.79 Å². The number of hydrogen-bond acceptors (Lipinski definition) is 3. The Morgan fingerprint density at radius 2 is 1.70 bits per heavy atom. The minimum atomic E-state index is -4.50. The minimum Gasteiger partial charge on any atom is -0.294 e. The number of halogens is 3. The summed E-state index contributed by atoms with van der Waals surface area (Å²) in [6.45, 7) is 1.60. The molecule has 2 aliphatic heterocycles. The number of fused-ring (bicyclic) bond motifs is 2. The third-order valence-corrected chi connectivity index (χ3v) is 7.75. The molecular formula is C16H17F3O3S. The molecule has 0 radical (unpaired) electrons. The van der Waals surface area contributed by atoms with Crippen LogP contribution in [-0.2, 0) is 16.0 Å². The van der Waals surface area contributed by atoms with E-state index in [0.29, 0.717) is 18.4 Å². The Morgan fingerprint density at radius 3 is 2.22 bits per heavy atom. The molecule has 0 aromatic heterocycles. The zero-order chi connectivity index (χ0) is 17.0. The number of aryl methyl sites for hydroxylation is 1. The fourth-order valence-electron chi connectivity index (χ4n) is 3.71. The van der Waals surface area contributed by atoms with E-state index in [0.717, 1.165) is 12.1 Å². The first-order valence-electron chi connectivity index (χ1n) is 7.55. The van der Waals surface area contributed by atoms with Gasteiger partial charge in [-0.1, -0.05) is 6.07 Å². The van der Waals surface area contributed by atoms with Gasteiger partial charge in [-0.25, -0.2) is 8.42 Å². The van der Waals surface area contributed by atoms with Crippen molar-refractivity contribution in [3.05, 3.63) is 34.9 Å². The first-order chi connectivity index (χ1) is 10.6. The average molecular weight is 346 g/mol. The number of carbonyl (C=O) groups is 1. The van der Waals surface area contributed by atoms with Crippen LogP contribution in [0.3, 0.4) is 0 Å². The quantitative estimate of drug-likeness (QED) is 0.770. The van der Waals surface area contributed by atoms with Crippen molar-refractivity contribution in [3.8, 4) is 0 Å². The summed E-state index contributed by atoms with van der Waals surface area (Å²) in [5, 5.41) is -1.03. The molecule has 0 spiro atoms. The van der Waals surface area contributed by atoms with Crippen LogP contribution in [0.4, 0.5) is 13.2 Å². The molecule has 2 fully saturated rings. The molecule has 0 saturated carbocycles. The van der Waals surface area contributed by atoms with E-state index in [1.165, 1.54) is 6.07 Å². The van der Waals surface area contributed by atoms with Crippen molar-refractivity contribution >= 4 is 15.6 Å². The van der Waals surface area contributed by atoms with Crippen LogP contribution in [-0.4, -0.2) is 24.7 Å². The van der Waals surface area contributed by atoms with E-state index >= 15 is 0 Å². The van der Waals surface area contributed by atoms with Gasteiger partial charge in [0.2, 0.25) is 0 Å². The van der Waals surface area contributed by atoms with Gasteiger partial charge in [0.05, 0.1) is 16.1 Å². The summed E-state index contributed by atoms with van der Waals surface area (Å²) in [6, 6.07) is 3.15. The lowest BCUT2D eigenvalue weighted by Gasteiger charge is -2.27. The second-order valence-corrected chi connectivity index (χ2v) is 8.98. The van der Waals surface area contributed by atoms with Crippen molar-refractivity contribution in [2.75, 3.05) is 0 Å². The number of rotatable bonds is 2. The van der Waals surface area contributed by atoms with Gasteiger partial charge in [0.25, 0.3) is 0 Å². The summed E-state index contributed by atoms with van der Waals surface area (Å²) in [5.74, 6) is -0.862. The van der Waals surface area contributed by atoms with E-state index in [9.17, 15) is 26.4 Å². The van der Waals surface area contributed by atoms with E-state index in [4.69, 9.17) is 0 Å². The molecule has 2 bridgehead atoms. The predicted octanol–water partition coefficient (Wildman–Crippen LogP) is 3.55. The molecule has 7 heteroatoms. The fraction of sp³-hybridized carbons (Fsp3) is 0.562. The molecule has 1 aromatic carbocycles. The molecule has 0 aliphatic carbocycles. The topological polar surface area (TPSA) is 51.2 Å². The highest BCUT2D eigenvalue weighted by molar-refractivity contribution is 7.93. The van der Waals surface area contributed by atoms with Gasteiger partial charge in [0.1, 0.15) is 0 Å². The molecule has 2 aliphatic rings. The highest BCUT2D eigenvalue weighted by atomic mass is 32.2. The molecule has 2 heterocycles. The van der Waals surface area contributed by atoms with Crippen molar-refractivity contribution in [2.45, 2.75) is 49.3 Å². The second-order valence-electron chi connectivity index (χ2n) is 6.47. The lowest BCUT2D eigenvalue weighted by Crippen LogP contribution is -2.36. The van der Waals surface area contributed by atoms with Gasteiger partial charge < -0.3 is 0 Å². The zero-order valence-electron chi connectivity index (χ0n) is 12.6. The van der Waals surface area contributed by atoms with E-state index in [1.54, 1.807) is 6.92 Å². The predicted molar refractivity (Wildman–Crippen MR) is 79.0 cm³/mol. The standard InChI is InChI=1S/C16H17F3O3S/c1-9-2-3-11(16(17,18)19)8-14(9)15(20)10-6-12-4-5-13(7-10)23(12,21)22/h2-3,8,10,12-13H,4-7H2,1H3. The third kappa shape index (κ3) is 2.79. The number of Topliss-reactive ketones (excluding diaryl/α,β-unsaturated/α-hetero) is 1. The molecule has 3 rings (SSSR count). The van der Waals surface area contributed by atoms with Gasteiger partial charge in [0.15, 0.2) is 15.6 Å². The van der Waals surface area contributed by atoms with Gasteiger partial charge >= 0.3 is 6.18 Å². The summed E-state index contributed by atoms with van der Waals surface area (Å²) >= 11 is 0. The van der Waals surface area contributed by atoms with Crippen molar-refractivity contribution in [2.24, 2.45) is 5.92 Å². The number of ketones is 1. The largest absolute Gasteiger partial charge is 0.416 e. The molecule has 0 N–H and O–H groups in total. The summed E-state index contributed by atoms with van der Waals surface area (Å²) in [4.78, 5) is 12.7. The molecule has 126 valence electrons. The van der Waals surface area contributed by atoms with Gasteiger partial charge in [-0.2, -0.15) is 13.2 Å². The maximum Gasteiger partial charge on any atom is 0.416 e. The van der Waals surface area contributed by atoms with Crippen molar-refractivity contribution in [3.63, 3.8) is 0 Å². The Labute approximate surface area is 132 Å². The number of hydrogen-bond donors (Lipinski definition) is 0. The smallest absolute Gasteiger partial charge is 0.294 e. The summed E-state index contributed by atoms with van der Waals surface area (Å²) < 4.78 is 62.7. The van der Waals surface area contributed by atoms with Crippen molar-refractivity contribution in [1.82, 2.24) is 0 Å². The van der Waals surface area contributed by atoms with Crippen LogP contribution in [0, 0.1) is 12.8 Å². The molecule has 23 heavy (non-hydrogen) atoms. The Balaban J connectivity index is 1.90. The molecule has 2 atom stereocenters. The van der Waals surface area contributed by atoms with E-state index in [2.05, 4.69) is 0 Å². The van der Waals surface area contributed by atoms with Crippen molar-refractivity contribution < 1.29 is 26.4 Å². The molecule has 1 aromatic rings. The van der Waals surface area contributed by atoms with Crippen LogP contribution >= 0.6 is 0 Å². The Morgan fingerprint density at radius 1 is 1.13 bits per heavy atom. The highest BCUT2D eigenvalue weighted by Crippen LogP contribution is 2.42. The number of alkyl halides is 3. The van der Waals surface area contributed by atoms with Gasteiger partial charge in [-0.05, 0) is 50.3 Å². The number of sulfone groups is 1. The van der Waals surface area contributed by atoms with Crippen LogP contribution in [0.1, 0.15) is 47.2 Å². The van der Waals surface area contributed by atoms with Crippen LogP contribution in [0.5, 0.6) is 0 Å². The normalized spacial score (nSPS) is 29.5. The zero-order valence-corrected chi connectivity index (χ0v) is 13.4. The second kappa shape index (κ2) is 5.33. The minimum absolute atomic E-state index is 0.0588. The summed E-state index contributed by atoms with van der Waals surface area (Å²) in [6.07, 6.45) is -2.94. The first-order valence-corrected chi connectivity index (χ1v) is 9.16. The fourth-order valence-corrected chi connectivity index (χ4v) is 6.18. The van der Waals surface area contributed by atoms with Crippen LogP contribution in [0.2, 0.25) is 0 Å². The monoisotopic (exact) mass is 346 g/mol. The maximum atomic E-state index is 12.9.